The van der Waals surface area contributed by atoms with Crippen LogP contribution < -0.4 is 14.2 Å². The second-order valence-corrected chi connectivity index (χ2v) is 10.5. The topological polar surface area (TPSA) is 174 Å². The second kappa shape index (κ2) is 12.2. The molecular weight excluding hydrogens is 558 g/mol. The van der Waals surface area contributed by atoms with E-state index in [1.54, 1.807) is 19.2 Å². The van der Waals surface area contributed by atoms with Gasteiger partial charge in [-0.15, -0.1) is 10.2 Å². The normalized spacial score (nSPS) is 11.3. The number of para-hydroxylation sites is 2. The third-order valence-electron chi connectivity index (χ3n) is 5.32. The van der Waals surface area contributed by atoms with Crippen LogP contribution in [0.5, 0.6) is 11.5 Å². The van der Waals surface area contributed by atoms with Gasteiger partial charge in [-0.05, 0) is 35.9 Å². The van der Waals surface area contributed by atoms with Gasteiger partial charge in [0.05, 0.1) is 12.0 Å². The summed E-state index contributed by atoms with van der Waals surface area (Å²) >= 11 is 1.13. The Hall–Kier alpha value is -5.13. The first-order chi connectivity index (χ1) is 19.2. The van der Waals surface area contributed by atoms with E-state index in [2.05, 4.69) is 15.5 Å². The van der Waals surface area contributed by atoms with Crippen LogP contribution in [-0.4, -0.2) is 36.6 Å². The van der Waals surface area contributed by atoms with E-state index in [1.165, 1.54) is 30.3 Å². The minimum absolute atomic E-state index is 0.0776. The van der Waals surface area contributed by atoms with Gasteiger partial charge in [0.1, 0.15) is 28.1 Å². The molecule has 0 radical (unpaired) electrons. The predicted octanol–water partition coefficient (Wildman–Crippen LogP) is 4.36. The van der Waals surface area contributed by atoms with Gasteiger partial charge in [-0.2, -0.15) is 13.7 Å². The first kappa shape index (κ1) is 27.9. The Balaban J connectivity index is 1.52. The molecule has 1 aromatic heterocycles. The monoisotopic (exact) mass is 577 g/mol. The lowest BCUT2D eigenvalue weighted by Gasteiger charge is -2.10. The molecule has 0 fully saturated rings. The predicted molar refractivity (Wildman–Crippen MR) is 145 cm³/mol. The fraction of sp³-hybridized carbons (Fsp3) is 0.0769. The van der Waals surface area contributed by atoms with Crippen LogP contribution in [0.25, 0.3) is 6.08 Å². The molecule has 1 N–H and O–H groups in total. The van der Waals surface area contributed by atoms with Crippen molar-refractivity contribution in [3.05, 3.63) is 105 Å². The summed E-state index contributed by atoms with van der Waals surface area (Å²) in [5.74, 6) is -0.319. The molecule has 0 saturated carbocycles. The third-order valence-corrected chi connectivity index (χ3v) is 7.44. The summed E-state index contributed by atoms with van der Waals surface area (Å²) in [6.45, 7) is 0. The van der Waals surface area contributed by atoms with Crippen LogP contribution in [0.1, 0.15) is 16.1 Å². The SMILES string of the molecule is COc1ccc(Cc2nnc(NC(=O)/C(C#N)=C/c3ccccc3OS(=O)(=O)c3ccccc3[N+](=O)[O-])s2)cc1. The van der Waals surface area contributed by atoms with E-state index < -0.39 is 31.5 Å². The number of amides is 1. The molecule has 0 unspecified atom stereocenters. The van der Waals surface area contributed by atoms with E-state index in [-0.39, 0.29) is 22.0 Å². The zero-order valence-electron chi connectivity index (χ0n) is 20.7. The average molecular weight is 578 g/mol. The summed E-state index contributed by atoms with van der Waals surface area (Å²) in [6.07, 6.45) is 1.61. The van der Waals surface area contributed by atoms with Gasteiger partial charge in [-0.3, -0.25) is 20.2 Å². The number of benzene rings is 3. The maximum Gasteiger partial charge on any atom is 0.346 e. The van der Waals surface area contributed by atoms with Crippen molar-refractivity contribution in [2.75, 3.05) is 12.4 Å². The van der Waals surface area contributed by atoms with Crippen LogP contribution in [0.3, 0.4) is 0 Å². The van der Waals surface area contributed by atoms with Crippen LogP contribution in [0.4, 0.5) is 10.8 Å². The maximum atomic E-state index is 12.9. The number of anilines is 1. The number of aromatic nitrogens is 2. The molecule has 3 aromatic carbocycles. The van der Waals surface area contributed by atoms with E-state index in [0.717, 1.165) is 40.9 Å². The van der Waals surface area contributed by atoms with Crippen molar-refractivity contribution in [1.82, 2.24) is 10.2 Å². The molecule has 40 heavy (non-hydrogen) atoms. The van der Waals surface area contributed by atoms with Gasteiger partial charge < -0.3 is 8.92 Å². The minimum atomic E-state index is -4.63. The highest BCUT2D eigenvalue weighted by atomic mass is 32.2. The van der Waals surface area contributed by atoms with Gasteiger partial charge >= 0.3 is 10.1 Å². The van der Waals surface area contributed by atoms with Crippen molar-refractivity contribution in [2.45, 2.75) is 11.3 Å². The number of rotatable bonds is 10. The van der Waals surface area contributed by atoms with E-state index in [1.807, 2.05) is 24.3 Å². The highest BCUT2D eigenvalue weighted by Gasteiger charge is 2.28. The number of ether oxygens (including phenoxy) is 1. The number of nitrogens with zero attached hydrogens (tertiary/aromatic N) is 4. The van der Waals surface area contributed by atoms with Crippen LogP contribution >= 0.6 is 11.3 Å². The number of methoxy groups -OCH3 is 1. The summed E-state index contributed by atoms with van der Waals surface area (Å²) in [7, 11) is -3.05. The molecule has 202 valence electrons. The van der Waals surface area contributed by atoms with Gasteiger partial charge in [0, 0.05) is 18.1 Å². The maximum absolute atomic E-state index is 12.9. The van der Waals surface area contributed by atoms with Crippen molar-refractivity contribution in [2.24, 2.45) is 0 Å². The van der Waals surface area contributed by atoms with Crippen LogP contribution in [0.2, 0.25) is 0 Å². The molecule has 1 heterocycles. The molecule has 4 aromatic rings. The smallest absolute Gasteiger partial charge is 0.346 e. The number of nitriles is 1. The highest BCUT2D eigenvalue weighted by Crippen LogP contribution is 2.29. The third kappa shape index (κ3) is 6.65. The van der Waals surface area contributed by atoms with Gasteiger partial charge in [-0.1, -0.05) is 53.8 Å². The Bertz CT molecular complexity index is 1740. The van der Waals surface area contributed by atoms with Crippen LogP contribution in [0.15, 0.2) is 83.3 Å². The number of carbonyl (C=O) groups excluding carboxylic acids is 1. The molecule has 0 aliphatic heterocycles. The Labute approximate surface area is 232 Å². The Morgan fingerprint density at radius 2 is 1.80 bits per heavy atom. The van der Waals surface area contributed by atoms with Crippen molar-refractivity contribution < 1.29 is 27.1 Å². The first-order valence-corrected chi connectivity index (χ1v) is 13.6. The number of nitro benzene ring substituents is 1. The fourth-order valence-electron chi connectivity index (χ4n) is 3.42. The van der Waals surface area contributed by atoms with E-state index in [0.29, 0.717) is 11.4 Å². The van der Waals surface area contributed by atoms with E-state index in [9.17, 15) is 28.6 Å². The van der Waals surface area contributed by atoms with Crippen molar-refractivity contribution in [3.63, 3.8) is 0 Å². The number of carbonyl (C=O) groups is 1. The van der Waals surface area contributed by atoms with Gasteiger partial charge in [0.25, 0.3) is 11.6 Å². The summed E-state index contributed by atoms with van der Waals surface area (Å²) < 4.78 is 36.0. The number of hydrogen-bond acceptors (Lipinski definition) is 11. The molecule has 0 aliphatic carbocycles. The summed E-state index contributed by atoms with van der Waals surface area (Å²) in [6, 6.07) is 19.6. The fourth-order valence-corrected chi connectivity index (χ4v) is 5.31. The minimum Gasteiger partial charge on any atom is -0.497 e. The van der Waals surface area contributed by atoms with E-state index >= 15 is 0 Å². The molecule has 4 rings (SSSR count). The lowest BCUT2D eigenvalue weighted by molar-refractivity contribution is -0.387. The molecule has 14 heteroatoms. The van der Waals surface area contributed by atoms with Crippen LogP contribution in [-0.2, 0) is 21.3 Å². The largest absolute Gasteiger partial charge is 0.497 e. The molecule has 12 nitrogen and oxygen atoms in total. The Kier molecular flexibility index (Phi) is 8.48. The Morgan fingerprint density at radius 1 is 1.10 bits per heavy atom. The molecule has 0 aliphatic rings. The average Bonchev–Trinajstić information content (AvgIpc) is 3.39. The molecule has 1 amide bonds. The van der Waals surface area contributed by atoms with Gasteiger partial charge in [0.15, 0.2) is 4.90 Å². The Morgan fingerprint density at radius 3 is 2.50 bits per heavy atom. The van der Waals surface area contributed by atoms with Crippen molar-refractivity contribution in [1.29, 1.82) is 5.26 Å². The van der Waals surface area contributed by atoms with Crippen molar-refractivity contribution >= 4 is 44.3 Å². The lowest BCUT2D eigenvalue weighted by atomic mass is 10.1. The quantitative estimate of drug-likeness (QED) is 0.0937. The van der Waals surface area contributed by atoms with Crippen molar-refractivity contribution in [3.8, 4) is 17.6 Å². The lowest BCUT2D eigenvalue weighted by Crippen LogP contribution is -2.14. The number of nitro groups is 1. The summed E-state index contributed by atoms with van der Waals surface area (Å²) in [5.41, 5.74) is 0.00993. The molecule has 0 saturated heterocycles. The summed E-state index contributed by atoms with van der Waals surface area (Å²) in [4.78, 5) is 22.6. The zero-order valence-corrected chi connectivity index (χ0v) is 22.3. The zero-order chi connectivity index (χ0) is 28.7. The van der Waals surface area contributed by atoms with Gasteiger partial charge in [0.2, 0.25) is 5.13 Å². The molecule has 0 bridgehead atoms. The highest BCUT2D eigenvalue weighted by molar-refractivity contribution is 7.87. The molecular formula is C26H19N5O7S2. The second-order valence-electron chi connectivity index (χ2n) is 7.95. The van der Waals surface area contributed by atoms with Gasteiger partial charge in [-0.25, -0.2) is 0 Å². The number of nitrogens with one attached hydrogen (secondary N) is 1. The standard InChI is InChI=1S/C26H19N5O7S2/c1-37-20-12-10-17(11-13-20)14-24-29-30-26(39-24)28-25(32)19(16-27)15-18-6-2-4-8-22(18)38-40(35,36)23-9-5-3-7-21(23)31(33)34/h2-13,15H,14H2,1H3,(H,28,30,32)/b19-15+. The summed E-state index contributed by atoms with van der Waals surface area (Å²) in [5, 5.41) is 32.2. The first-order valence-electron chi connectivity index (χ1n) is 11.4. The van der Waals surface area contributed by atoms with Crippen LogP contribution in [0, 0.1) is 21.4 Å². The number of hydrogen-bond donors (Lipinski definition) is 1. The molecule has 0 atom stereocenters. The van der Waals surface area contributed by atoms with E-state index in [4.69, 9.17) is 8.92 Å². The molecule has 0 spiro atoms.